The van der Waals surface area contributed by atoms with Gasteiger partial charge in [-0.3, -0.25) is 9.59 Å². The molecule has 1 aromatic carbocycles. The van der Waals surface area contributed by atoms with E-state index in [-0.39, 0.29) is 18.1 Å². The number of hydrogen-bond donors (Lipinski definition) is 4. The van der Waals surface area contributed by atoms with Crippen molar-refractivity contribution in [3.8, 4) is 5.75 Å². The molecule has 0 heterocycles. The minimum Gasteiger partial charge on any atom is -0.508 e. The number of phenolic OH excluding ortho intramolecular Hbond substituents is 1. The molecule has 0 aliphatic heterocycles. The number of carboxylic acid groups (broad SMARTS) is 1. The molecule has 0 saturated heterocycles. The molecule has 136 valence electrons. The molecule has 6 heteroatoms. The second kappa shape index (κ2) is 9.22. The fraction of sp³-hybridized carbons (Fsp3) is 0.474. The number of anilines is 1. The number of rotatable bonds is 8. The lowest BCUT2D eigenvalue weighted by atomic mass is 9.97. The Balaban J connectivity index is 1.84. The second-order valence-corrected chi connectivity index (χ2v) is 6.45. The van der Waals surface area contributed by atoms with E-state index >= 15 is 0 Å². The Morgan fingerprint density at radius 1 is 1.28 bits per heavy atom. The van der Waals surface area contributed by atoms with Crippen molar-refractivity contribution < 1.29 is 19.8 Å². The molecule has 1 aromatic rings. The number of hydrogen-bond acceptors (Lipinski definition) is 4. The number of phenols is 1. The number of aliphatic carboxylic acids is 1. The van der Waals surface area contributed by atoms with Crippen LogP contribution in [0.4, 0.5) is 5.69 Å². The fourth-order valence-corrected chi connectivity index (χ4v) is 2.96. The van der Waals surface area contributed by atoms with Crippen LogP contribution >= 0.6 is 0 Å². The van der Waals surface area contributed by atoms with Crippen molar-refractivity contribution in [1.29, 1.82) is 0 Å². The number of aryl methyl sites for hydroxylation is 1. The number of benzene rings is 1. The van der Waals surface area contributed by atoms with E-state index in [0.29, 0.717) is 12.2 Å². The molecule has 0 spiro atoms. The zero-order chi connectivity index (χ0) is 18.2. The highest BCUT2D eigenvalue weighted by Crippen LogP contribution is 2.21. The maximum absolute atomic E-state index is 12.1. The molecular formula is C19H26N2O4. The molecule has 0 fully saturated rings. The van der Waals surface area contributed by atoms with Gasteiger partial charge >= 0.3 is 5.97 Å². The van der Waals surface area contributed by atoms with Gasteiger partial charge in [-0.25, -0.2) is 0 Å². The van der Waals surface area contributed by atoms with Gasteiger partial charge in [0.1, 0.15) is 11.8 Å². The van der Waals surface area contributed by atoms with Crippen molar-refractivity contribution in [1.82, 2.24) is 5.32 Å². The lowest BCUT2D eigenvalue weighted by molar-refractivity contribution is -0.141. The molecule has 2 rings (SSSR count). The average Bonchev–Trinajstić information content (AvgIpc) is 2.57. The molecule has 4 N–H and O–H groups in total. The highest BCUT2D eigenvalue weighted by atomic mass is 16.4. The quantitative estimate of drug-likeness (QED) is 0.428. The lowest BCUT2D eigenvalue weighted by Gasteiger charge is -2.17. The first kappa shape index (κ1) is 19.0. The van der Waals surface area contributed by atoms with E-state index in [1.54, 1.807) is 19.1 Å². The van der Waals surface area contributed by atoms with Gasteiger partial charge in [0.25, 0.3) is 0 Å². The van der Waals surface area contributed by atoms with Gasteiger partial charge in [-0.2, -0.15) is 0 Å². The predicted molar refractivity (Wildman–Crippen MR) is 96.7 cm³/mol. The summed E-state index contributed by atoms with van der Waals surface area (Å²) in [6, 6.07) is 3.71. The molecule has 6 nitrogen and oxygen atoms in total. The van der Waals surface area contributed by atoms with Crippen LogP contribution in [-0.2, 0) is 9.59 Å². The molecule has 1 atom stereocenters. The number of amides is 1. The summed E-state index contributed by atoms with van der Waals surface area (Å²) in [7, 11) is 0. The molecule has 1 aliphatic carbocycles. The monoisotopic (exact) mass is 346 g/mol. The van der Waals surface area contributed by atoms with Crippen LogP contribution in [-0.4, -0.2) is 34.7 Å². The van der Waals surface area contributed by atoms with Crippen LogP contribution in [0.15, 0.2) is 29.8 Å². The smallest absolute Gasteiger partial charge is 0.321 e. The van der Waals surface area contributed by atoms with Gasteiger partial charge in [-0.05, 0) is 69.3 Å². The number of carbonyl (C=O) groups is 2. The highest BCUT2D eigenvalue weighted by molar-refractivity contribution is 5.94. The first-order valence-electron chi connectivity index (χ1n) is 8.69. The Morgan fingerprint density at radius 3 is 2.72 bits per heavy atom. The van der Waals surface area contributed by atoms with E-state index in [0.717, 1.165) is 24.8 Å². The molecule has 0 bridgehead atoms. The van der Waals surface area contributed by atoms with Crippen molar-refractivity contribution in [2.45, 2.75) is 51.5 Å². The van der Waals surface area contributed by atoms with Gasteiger partial charge < -0.3 is 20.8 Å². The lowest BCUT2D eigenvalue weighted by Crippen LogP contribution is -2.40. The first-order chi connectivity index (χ1) is 12.0. The maximum Gasteiger partial charge on any atom is 0.321 e. The van der Waals surface area contributed by atoms with Gasteiger partial charge in [-0.15, -0.1) is 0 Å². The topological polar surface area (TPSA) is 98.7 Å². The molecule has 0 radical (unpaired) electrons. The molecular weight excluding hydrogens is 320 g/mol. The van der Waals surface area contributed by atoms with Gasteiger partial charge in [0, 0.05) is 5.69 Å². The number of allylic oxidation sites excluding steroid dienone is 1. The van der Waals surface area contributed by atoms with Crippen molar-refractivity contribution in [3.63, 3.8) is 0 Å². The number of nitrogens with one attached hydrogen (secondary N) is 2. The standard InChI is InChI=1S/C19H26N2O4/c1-13-11-15(22)7-8-16(13)21-18(23)12-17(19(24)25)20-10-9-14-5-3-2-4-6-14/h5,7-8,11,17,20,22H,2-4,6,9-10,12H2,1H3,(H,21,23)(H,24,25)/t17-/m1/s1. The summed E-state index contributed by atoms with van der Waals surface area (Å²) in [5, 5.41) is 24.4. The van der Waals surface area contributed by atoms with Crippen LogP contribution in [0.5, 0.6) is 5.75 Å². The van der Waals surface area contributed by atoms with Crippen LogP contribution in [0.2, 0.25) is 0 Å². The molecule has 0 saturated carbocycles. The molecule has 0 unspecified atom stereocenters. The SMILES string of the molecule is Cc1cc(O)ccc1NC(=O)C[C@@H](NCCC1=CCCCC1)C(=O)O. The van der Waals surface area contributed by atoms with Gasteiger partial charge in [0.2, 0.25) is 5.91 Å². The van der Waals surface area contributed by atoms with E-state index < -0.39 is 12.0 Å². The minimum absolute atomic E-state index is 0.123. The fourth-order valence-electron chi connectivity index (χ4n) is 2.96. The van der Waals surface area contributed by atoms with Crippen LogP contribution in [0.3, 0.4) is 0 Å². The molecule has 1 amide bonds. The van der Waals surface area contributed by atoms with E-state index in [2.05, 4.69) is 16.7 Å². The number of carboxylic acids is 1. The van der Waals surface area contributed by atoms with Crippen molar-refractivity contribution >= 4 is 17.6 Å². The zero-order valence-corrected chi connectivity index (χ0v) is 14.5. The Bertz CT molecular complexity index is 655. The number of carbonyl (C=O) groups excluding carboxylic acids is 1. The molecule has 1 aliphatic rings. The van der Waals surface area contributed by atoms with Crippen molar-refractivity contribution in [2.24, 2.45) is 0 Å². The highest BCUT2D eigenvalue weighted by Gasteiger charge is 2.21. The Morgan fingerprint density at radius 2 is 2.08 bits per heavy atom. The predicted octanol–water partition coefficient (Wildman–Crippen LogP) is 2.96. The largest absolute Gasteiger partial charge is 0.508 e. The third-order valence-corrected chi connectivity index (χ3v) is 4.39. The summed E-state index contributed by atoms with van der Waals surface area (Å²) in [6.45, 7) is 2.31. The average molecular weight is 346 g/mol. The van der Waals surface area contributed by atoms with Crippen LogP contribution in [0, 0.1) is 6.92 Å². The maximum atomic E-state index is 12.1. The zero-order valence-electron chi connectivity index (χ0n) is 14.5. The summed E-state index contributed by atoms with van der Waals surface area (Å²) in [4.78, 5) is 23.5. The van der Waals surface area contributed by atoms with Crippen LogP contribution in [0.1, 0.15) is 44.1 Å². The van der Waals surface area contributed by atoms with Crippen molar-refractivity contribution in [2.75, 3.05) is 11.9 Å². The van der Waals surface area contributed by atoms with E-state index in [4.69, 9.17) is 0 Å². The van der Waals surface area contributed by atoms with Gasteiger partial charge in [-0.1, -0.05) is 11.6 Å². The Labute approximate surface area is 147 Å². The van der Waals surface area contributed by atoms with Gasteiger partial charge in [0.05, 0.1) is 6.42 Å². The van der Waals surface area contributed by atoms with Crippen molar-refractivity contribution in [3.05, 3.63) is 35.4 Å². The van der Waals surface area contributed by atoms with E-state index in [1.165, 1.54) is 24.5 Å². The summed E-state index contributed by atoms with van der Waals surface area (Å²) < 4.78 is 0. The molecule has 0 aromatic heterocycles. The van der Waals surface area contributed by atoms with Gasteiger partial charge in [0.15, 0.2) is 0 Å². The molecule has 25 heavy (non-hydrogen) atoms. The minimum atomic E-state index is -1.03. The van der Waals surface area contributed by atoms with E-state index in [9.17, 15) is 19.8 Å². The Kier molecular flexibility index (Phi) is 7.01. The third kappa shape index (κ3) is 6.23. The first-order valence-corrected chi connectivity index (χ1v) is 8.69. The summed E-state index contributed by atoms with van der Waals surface area (Å²) >= 11 is 0. The van der Waals surface area contributed by atoms with Crippen LogP contribution in [0.25, 0.3) is 0 Å². The number of aromatic hydroxyl groups is 1. The third-order valence-electron chi connectivity index (χ3n) is 4.39. The second-order valence-electron chi connectivity index (χ2n) is 6.45. The normalized spacial score (nSPS) is 15.3. The van der Waals surface area contributed by atoms with Crippen LogP contribution < -0.4 is 10.6 Å². The summed E-state index contributed by atoms with van der Waals surface area (Å²) in [6.07, 6.45) is 7.53. The Hall–Kier alpha value is -2.34. The summed E-state index contributed by atoms with van der Waals surface area (Å²) in [5.41, 5.74) is 2.66. The summed E-state index contributed by atoms with van der Waals surface area (Å²) in [5.74, 6) is -1.28. The van der Waals surface area contributed by atoms with E-state index in [1.807, 2.05) is 0 Å².